The number of anilines is 1. The molecule has 0 saturated heterocycles. The Hall–Kier alpha value is -1.79. The SMILES string of the molecule is CN(C)C(=O)CNC(=O)c1sc2cc(Cl)ccc2c1N. The molecular formula is C13H14ClN3O2S. The van der Waals surface area contributed by atoms with Crippen molar-refractivity contribution >= 4 is 50.5 Å². The Balaban J connectivity index is 2.22. The molecule has 2 rings (SSSR count). The number of carbonyl (C=O) groups is 2. The van der Waals surface area contributed by atoms with E-state index in [0.717, 1.165) is 10.1 Å². The van der Waals surface area contributed by atoms with Gasteiger partial charge in [0, 0.05) is 29.2 Å². The Morgan fingerprint density at radius 1 is 1.40 bits per heavy atom. The molecule has 3 N–H and O–H groups in total. The van der Waals surface area contributed by atoms with Crippen LogP contribution in [0.4, 0.5) is 5.69 Å². The zero-order valence-corrected chi connectivity index (χ0v) is 12.6. The lowest BCUT2D eigenvalue weighted by atomic mass is 10.2. The first-order valence-electron chi connectivity index (χ1n) is 5.86. The van der Waals surface area contributed by atoms with Crippen LogP contribution in [0.1, 0.15) is 9.67 Å². The first-order valence-corrected chi connectivity index (χ1v) is 7.05. The molecule has 0 aliphatic carbocycles. The second kappa shape index (κ2) is 5.68. The Labute approximate surface area is 125 Å². The predicted molar refractivity (Wildman–Crippen MR) is 82.3 cm³/mol. The highest BCUT2D eigenvalue weighted by Gasteiger charge is 2.17. The van der Waals surface area contributed by atoms with E-state index in [1.807, 2.05) is 0 Å². The van der Waals surface area contributed by atoms with E-state index < -0.39 is 0 Å². The van der Waals surface area contributed by atoms with Crippen molar-refractivity contribution in [3.8, 4) is 0 Å². The molecule has 1 aromatic heterocycles. The third kappa shape index (κ3) is 2.86. The number of nitrogens with zero attached hydrogens (tertiary/aromatic N) is 1. The van der Waals surface area contributed by atoms with Gasteiger partial charge in [0.1, 0.15) is 4.88 Å². The number of amides is 2. The lowest BCUT2D eigenvalue weighted by molar-refractivity contribution is -0.127. The van der Waals surface area contributed by atoms with Crippen molar-refractivity contribution in [1.29, 1.82) is 0 Å². The van der Waals surface area contributed by atoms with Crippen LogP contribution in [0.2, 0.25) is 5.02 Å². The highest BCUT2D eigenvalue weighted by Crippen LogP contribution is 2.35. The smallest absolute Gasteiger partial charge is 0.263 e. The lowest BCUT2D eigenvalue weighted by Gasteiger charge is -2.10. The molecule has 5 nitrogen and oxygen atoms in total. The number of nitrogens with one attached hydrogen (secondary N) is 1. The molecule has 0 atom stereocenters. The molecule has 0 bridgehead atoms. The van der Waals surface area contributed by atoms with Crippen molar-refractivity contribution in [2.75, 3.05) is 26.4 Å². The number of hydrogen-bond donors (Lipinski definition) is 2. The Morgan fingerprint density at radius 3 is 2.75 bits per heavy atom. The third-order valence-electron chi connectivity index (χ3n) is 2.80. The van der Waals surface area contributed by atoms with Gasteiger partial charge < -0.3 is 16.0 Å². The monoisotopic (exact) mass is 311 g/mol. The molecule has 2 aromatic rings. The number of likely N-dealkylation sites (N-methyl/N-ethyl adjacent to an activating group) is 1. The van der Waals surface area contributed by atoms with E-state index in [9.17, 15) is 9.59 Å². The van der Waals surface area contributed by atoms with Gasteiger partial charge in [0.05, 0.1) is 12.2 Å². The zero-order valence-electron chi connectivity index (χ0n) is 11.1. The van der Waals surface area contributed by atoms with Crippen molar-refractivity contribution in [2.24, 2.45) is 0 Å². The number of nitrogen functional groups attached to an aromatic ring is 1. The summed E-state index contributed by atoms with van der Waals surface area (Å²) in [4.78, 5) is 25.3. The summed E-state index contributed by atoms with van der Waals surface area (Å²) in [5, 5.41) is 3.95. The number of thiophene rings is 1. The zero-order chi connectivity index (χ0) is 14.9. The van der Waals surface area contributed by atoms with Crippen molar-refractivity contribution in [3.05, 3.63) is 28.1 Å². The maximum Gasteiger partial charge on any atom is 0.263 e. The molecule has 0 spiro atoms. The molecule has 1 heterocycles. The van der Waals surface area contributed by atoms with E-state index in [1.165, 1.54) is 16.2 Å². The van der Waals surface area contributed by atoms with Gasteiger partial charge in [-0.15, -0.1) is 11.3 Å². The molecule has 0 saturated carbocycles. The number of hydrogen-bond acceptors (Lipinski definition) is 4. The molecule has 0 aliphatic heterocycles. The highest BCUT2D eigenvalue weighted by molar-refractivity contribution is 7.21. The molecule has 7 heteroatoms. The summed E-state index contributed by atoms with van der Waals surface area (Å²) in [5.41, 5.74) is 6.38. The van der Waals surface area contributed by atoms with Gasteiger partial charge in [0.25, 0.3) is 5.91 Å². The Kier molecular flexibility index (Phi) is 4.15. The van der Waals surface area contributed by atoms with Gasteiger partial charge in [-0.3, -0.25) is 9.59 Å². The number of benzene rings is 1. The molecule has 106 valence electrons. The van der Waals surface area contributed by atoms with Gasteiger partial charge in [-0.25, -0.2) is 0 Å². The fourth-order valence-electron chi connectivity index (χ4n) is 1.65. The van der Waals surface area contributed by atoms with Gasteiger partial charge in [-0.2, -0.15) is 0 Å². The second-order valence-corrected chi connectivity index (χ2v) is 5.94. The van der Waals surface area contributed by atoms with Crippen molar-refractivity contribution in [2.45, 2.75) is 0 Å². The summed E-state index contributed by atoms with van der Waals surface area (Å²) in [6.07, 6.45) is 0. The topological polar surface area (TPSA) is 75.4 Å². The summed E-state index contributed by atoms with van der Waals surface area (Å²) in [5.74, 6) is -0.531. The molecule has 0 fully saturated rings. The second-order valence-electron chi connectivity index (χ2n) is 4.46. The molecule has 2 amide bonds. The van der Waals surface area contributed by atoms with Gasteiger partial charge in [0.15, 0.2) is 0 Å². The van der Waals surface area contributed by atoms with Gasteiger partial charge in [0.2, 0.25) is 5.91 Å². The van der Waals surface area contributed by atoms with E-state index in [0.29, 0.717) is 15.6 Å². The number of fused-ring (bicyclic) bond motifs is 1. The van der Waals surface area contributed by atoms with Crippen LogP contribution in [-0.4, -0.2) is 37.4 Å². The van der Waals surface area contributed by atoms with E-state index in [1.54, 1.807) is 32.3 Å². The number of rotatable bonds is 3. The van der Waals surface area contributed by atoms with Crippen LogP contribution >= 0.6 is 22.9 Å². The fourth-order valence-corrected chi connectivity index (χ4v) is 2.97. The van der Waals surface area contributed by atoms with Gasteiger partial charge in [-0.1, -0.05) is 11.6 Å². The molecule has 0 radical (unpaired) electrons. The average Bonchev–Trinajstić information content (AvgIpc) is 2.72. The van der Waals surface area contributed by atoms with Gasteiger partial charge in [-0.05, 0) is 18.2 Å². The maximum atomic E-state index is 12.1. The summed E-state index contributed by atoms with van der Waals surface area (Å²) < 4.78 is 0.846. The largest absolute Gasteiger partial charge is 0.397 e. The normalized spacial score (nSPS) is 10.6. The maximum absolute atomic E-state index is 12.1. The van der Waals surface area contributed by atoms with Gasteiger partial charge >= 0.3 is 0 Å². The molecule has 0 aliphatic rings. The minimum Gasteiger partial charge on any atom is -0.397 e. The molecule has 1 aromatic carbocycles. The summed E-state index contributed by atoms with van der Waals surface area (Å²) >= 11 is 7.17. The van der Waals surface area contributed by atoms with E-state index in [2.05, 4.69) is 5.32 Å². The van der Waals surface area contributed by atoms with Crippen molar-refractivity contribution in [1.82, 2.24) is 10.2 Å². The summed E-state index contributed by atoms with van der Waals surface area (Å²) in [6, 6.07) is 5.27. The lowest BCUT2D eigenvalue weighted by Crippen LogP contribution is -2.36. The summed E-state index contributed by atoms with van der Waals surface area (Å²) in [7, 11) is 3.26. The standard InChI is InChI=1S/C13H14ClN3O2S/c1-17(2)10(18)6-16-13(19)12-11(15)8-4-3-7(14)5-9(8)20-12/h3-5H,6,15H2,1-2H3,(H,16,19). The first kappa shape index (κ1) is 14.6. The predicted octanol–water partition coefficient (Wildman–Crippen LogP) is 1.95. The van der Waals surface area contributed by atoms with E-state index >= 15 is 0 Å². The van der Waals surface area contributed by atoms with Crippen LogP contribution in [-0.2, 0) is 4.79 Å². The number of carbonyl (C=O) groups excluding carboxylic acids is 2. The van der Waals surface area contributed by atoms with E-state index in [-0.39, 0.29) is 18.4 Å². The fraction of sp³-hybridized carbons (Fsp3) is 0.231. The van der Waals surface area contributed by atoms with Crippen LogP contribution in [0.15, 0.2) is 18.2 Å². The number of halogens is 1. The van der Waals surface area contributed by atoms with Crippen LogP contribution < -0.4 is 11.1 Å². The first-order chi connectivity index (χ1) is 9.40. The van der Waals surface area contributed by atoms with E-state index in [4.69, 9.17) is 17.3 Å². The quantitative estimate of drug-likeness (QED) is 0.909. The molecule has 0 unspecified atom stereocenters. The molecule has 20 heavy (non-hydrogen) atoms. The highest BCUT2D eigenvalue weighted by atomic mass is 35.5. The Bertz CT molecular complexity index is 682. The van der Waals surface area contributed by atoms with Crippen LogP contribution in [0.5, 0.6) is 0 Å². The Morgan fingerprint density at radius 2 is 2.10 bits per heavy atom. The van der Waals surface area contributed by atoms with Crippen molar-refractivity contribution in [3.63, 3.8) is 0 Å². The van der Waals surface area contributed by atoms with Crippen LogP contribution in [0, 0.1) is 0 Å². The number of nitrogens with two attached hydrogens (primary N) is 1. The minimum absolute atomic E-state index is 0.0553. The van der Waals surface area contributed by atoms with Crippen molar-refractivity contribution < 1.29 is 9.59 Å². The van der Waals surface area contributed by atoms with Crippen LogP contribution in [0.3, 0.4) is 0 Å². The molecular weight excluding hydrogens is 298 g/mol. The minimum atomic E-state index is -0.352. The van der Waals surface area contributed by atoms with Crippen LogP contribution in [0.25, 0.3) is 10.1 Å². The average molecular weight is 312 g/mol. The third-order valence-corrected chi connectivity index (χ3v) is 4.20. The summed E-state index contributed by atoms with van der Waals surface area (Å²) in [6.45, 7) is -0.0553.